The fourth-order valence-electron chi connectivity index (χ4n) is 3.42. The molecule has 2 heterocycles. The van der Waals surface area contributed by atoms with Crippen molar-refractivity contribution in [2.24, 2.45) is 5.92 Å². The Morgan fingerprint density at radius 1 is 1.24 bits per heavy atom. The van der Waals surface area contributed by atoms with E-state index in [2.05, 4.69) is 4.90 Å². The van der Waals surface area contributed by atoms with Crippen LogP contribution in [0.25, 0.3) is 0 Å². The van der Waals surface area contributed by atoms with Crippen molar-refractivity contribution in [2.45, 2.75) is 44.4 Å². The van der Waals surface area contributed by atoms with Crippen LogP contribution in [0.5, 0.6) is 0 Å². The summed E-state index contributed by atoms with van der Waals surface area (Å²) in [5, 5.41) is 0. The Hall–Kier alpha value is -1.62. The number of piperidine rings is 1. The molecule has 116 valence electrons. The van der Waals surface area contributed by atoms with Gasteiger partial charge in [-0.15, -0.1) is 0 Å². The van der Waals surface area contributed by atoms with Gasteiger partial charge in [0.25, 0.3) is 0 Å². The van der Waals surface area contributed by atoms with Crippen LogP contribution in [0.4, 0.5) is 0 Å². The smallest absolute Gasteiger partial charge is 0.331 e. The minimum Gasteiger partial charge on any atom is -0.469 e. The normalized spacial score (nSPS) is 32.7. The van der Waals surface area contributed by atoms with Crippen molar-refractivity contribution in [2.75, 3.05) is 14.2 Å². The van der Waals surface area contributed by atoms with Crippen LogP contribution in [0.1, 0.15) is 26.2 Å². The summed E-state index contributed by atoms with van der Waals surface area (Å²) in [6, 6.07) is 0.488. The van der Waals surface area contributed by atoms with Crippen molar-refractivity contribution < 1.29 is 19.1 Å². The van der Waals surface area contributed by atoms with Crippen molar-refractivity contribution in [1.82, 2.24) is 4.90 Å². The Morgan fingerprint density at radius 3 is 2.67 bits per heavy atom. The summed E-state index contributed by atoms with van der Waals surface area (Å²) in [4.78, 5) is 26.2. The summed E-state index contributed by atoms with van der Waals surface area (Å²) >= 11 is 0. The van der Waals surface area contributed by atoms with E-state index in [1.54, 1.807) is 12.2 Å². The highest BCUT2D eigenvalue weighted by atomic mass is 16.6. The molecule has 0 saturated carbocycles. The first-order valence-electron chi connectivity index (χ1n) is 7.38. The van der Waals surface area contributed by atoms with E-state index in [4.69, 9.17) is 9.47 Å². The lowest BCUT2D eigenvalue weighted by molar-refractivity contribution is -0.165. The Morgan fingerprint density at radius 2 is 2.00 bits per heavy atom. The highest BCUT2D eigenvalue weighted by molar-refractivity contribution is 5.83. The Bertz CT molecular complexity index is 457. The number of nitrogens with zero attached hydrogens (tertiary/aromatic N) is 1. The average molecular weight is 293 g/mol. The van der Waals surface area contributed by atoms with Gasteiger partial charge < -0.3 is 9.47 Å². The molecule has 2 rings (SSSR count). The third-order valence-electron chi connectivity index (χ3n) is 4.49. The Labute approximate surface area is 125 Å². The molecule has 0 radical (unpaired) electrons. The van der Waals surface area contributed by atoms with Gasteiger partial charge in [0.05, 0.1) is 7.11 Å². The maximum Gasteiger partial charge on any atom is 0.331 e. The van der Waals surface area contributed by atoms with Crippen LogP contribution in [0.3, 0.4) is 0 Å². The molecule has 2 saturated heterocycles. The monoisotopic (exact) mass is 293 g/mol. The zero-order chi connectivity index (χ0) is 15.4. The number of carbonyl (C=O) groups excluding carboxylic acids is 2. The molecule has 0 amide bonds. The minimum absolute atomic E-state index is 0.105. The van der Waals surface area contributed by atoms with Crippen molar-refractivity contribution in [3.05, 3.63) is 24.3 Å². The SMILES string of the molecule is C/C=C/C=C\C(=O)O[C@H]1C[C@@H]2CC[C@H]([C@H]1C(=O)OC)N2C. The summed E-state index contributed by atoms with van der Waals surface area (Å²) in [6.07, 6.45) is 8.90. The van der Waals surface area contributed by atoms with Gasteiger partial charge in [-0.1, -0.05) is 18.2 Å². The van der Waals surface area contributed by atoms with Crippen molar-refractivity contribution >= 4 is 11.9 Å². The van der Waals surface area contributed by atoms with Crippen LogP contribution in [-0.4, -0.2) is 49.2 Å². The topological polar surface area (TPSA) is 55.8 Å². The number of carbonyl (C=O) groups is 2. The van der Waals surface area contributed by atoms with E-state index in [1.165, 1.54) is 13.2 Å². The Balaban J connectivity index is 2.09. The largest absolute Gasteiger partial charge is 0.469 e. The first-order chi connectivity index (χ1) is 10.1. The zero-order valence-electron chi connectivity index (χ0n) is 12.8. The lowest BCUT2D eigenvalue weighted by atomic mass is 9.87. The number of hydrogen-bond acceptors (Lipinski definition) is 5. The van der Waals surface area contributed by atoms with E-state index in [1.807, 2.05) is 20.0 Å². The molecule has 2 bridgehead atoms. The fraction of sp³-hybridized carbons (Fsp3) is 0.625. The van der Waals surface area contributed by atoms with Crippen LogP contribution in [0.2, 0.25) is 0 Å². The quantitative estimate of drug-likeness (QED) is 0.448. The standard InChI is InChI=1S/C16H23NO4/c1-4-5-6-7-14(18)21-13-10-11-8-9-12(17(11)2)15(13)16(19)20-3/h4-7,11-13,15H,8-10H2,1-3H3/b5-4+,7-6-/t11-,12+,13-,15+/m0/s1. The van der Waals surface area contributed by atoms with Gasteiger partial charge in [-0.3, -0.25) is 9.69 Å². The third kappa shape index (κ3) is 3.35. The van der Waals surface area contributed by atoms with Gasteiger partial charge >= 0.3 is 11.9 Å². The van der Waals surface area contributed by atoms with Gasteiger partial charge in [-0.25, -0.2) is 4.79 Å². The van der Waals surface area contributed by atoms with E-state index in [9.17, 15) is 9.59 Å². The second-order valence-corrected chi connectivity index (χ2v) is 5.61. The van der Waals surface area contributed by atoms with E-state index < -0.39 is 18.0 Å². The van der Waals surface area contributed by atoms with Gasteiger partial charge in [-0.2, -0.15) is 0 Å². The van der Waals surface area contributed by atoms with Gasteiger partial charge in [0.15, 0.2) is 0 Å². The van der Waals surface area contributed by atoms with E-state index in [-0.39, 0.29) is 12.0 Å². The van der Waals surface area contributed by atoms with Crippen molar-refractivity contribution in [3.63, 3.8) is 0 Å². The summed E-state index contributed by atoms with van der Waals surface area (Å²) in [7, 11) is 3.41. The summed E-state index contributed by atoms with van der Waals surface area (Å²) in [6.45, 7) is 1.87. The molecule has 0 aromatic heterocycles. The van der Waals surface area contributed by atoms with Gasteiger partial charge in [0.1, 0.15) is 12.0 Å². The van der Waals surface area contributed by atoms with Crippen LogP contribution >= 0.6 is 0 Å². The second-order valence-electron chi connectivity index (χ2n) is 5.61. The molecule has 2 aliphatic heterocycles. The lowest BCUT2D eigenvalue weighted by Crippen LogP contribution is -2.53. The molecular weight excluding hydrogens is 270 g/mol. The number of esters is 2. The zero-order valence-corrected chi connectivity index (χ0v) is 12.8. The molecule has 4 atom stereocenters. The molecule has 0 aromatic carbocycles. The minimum atomic E-state index is -0.407. The van der Waals surface area contributed by atoms with Crippen LogP contribution in [0.15, 0.2) is 24.3 Å². The maximum absolute atomic E-state index is 12.1. The Kier molecular flexibility index (Phi) is 5.17. The number of ether oxygens (including phenoxy) is 2. The molecule has 0 spiro atoms. The first kappa shape index (κ1) is 15.8. The van der Waals surface area contributed by atoms with E-state index >= 15 is 0 Å². The molecule has 5 nitrogen and oxygen atoms in total. The van der Waals surface area contributed by atoms with Gasteiger partial charge in [0.2, 0.25) is 0 Å². The molecule has 21 heavy (non-hydrogen) atoms. The fourth-order valence-corrected chi connectivity index (χ4v) is 3.42. The summed E-state index contributed by atoms with van der Waals surface area (Å²) in [5.41, 5.74) is 0. The molecule has 5 heteroatoms. The number of methoxy groups -OCH3 is 1. The van der Waals surface area contributed by atoms with Crippen LogP contribution < -0.4 is 0 Å². The highest BCUT2D eigenvalue weighted by Gasteiger charge is 2.50. The molecular formula is C16H23NO4. The highest BCUT2D eigenvalue weighted by Crippen LogP contribution is 2.40. The molecule has 0 N–H and O–H groups in total. The lowest BCUT2D eigenvalue weighted by Gasteiger charge is -2.40. The number of allylic oxidation sites excluding steroid dienone is 3. The molecule has 0 unspecified atom stereocenters. The summed E-state index contributed by atoms with van der Waals surface area (Å²) in [5.74, 6) is -1.09. The van der Waals surface area contributed by atoms with E-state index in [0.29, 0.717) is 12.5 Å². The average Bonchev–Trinajstić information content (AvgIpc) is 2.71. The van der Waals surface area contributed by atoms with Crippen molar-refractivity contribution in [3.8, 4) is 0 Å². The first-order valence-corrected chi connectivity index (χ1v) is 7.38. The second kappa shape index (κ2) is 6.89. The molecule has 2 aliphatic rings. The summed E-state index contributed by atoms with van der Waals surface area (Å²) < 4.78 is 10.4. The van der Waals surface area contributed by atoms with Gasteiger partial charge in [0, 0.05) is 24.6 Å². The van der Waals surface area contributed by atoms with E-state index in [0.717, 1.165) is 12.8 Å². The number of fused-ring (bicyclic) bond motifs is 2. The maximum atomic E-state index is 12.1. The molecule has 0 aromatic rings. The van der Waals surface area contributed by atoms with Crippen LogP contribution in [-0.2, 0) is 19.1 Å². The molecule has 0 aliphatic carbocycles. The number of rotatable bonds is 4. The predicted octanol–water partition coefficient (Wildman–Crippen LogP) is 1.69. The predicted molar refractivity (Wildman–Crippen MR) is 78.5 cm³/mol. The number of hydrogen-bond donors (Lipinski definition) is 0. The van der Waals surface area contributed by atoms with Crippen molar-refractivity contribution in [1.29, 1.82) is 0 Å². The third-order valence-corrected chi connectivity index (χ3v) is 4.49. The van der Waals surface area contributed by atoms with Gasteiger partial charge in [-0.05, 0) is 26.8 Å². The molecule has 2 fully saturated rings. The van der Waals surface area contributed by atoms with Crippen LogP contribution in [0, 0.1) is 5.92 Å².